The van der Waals surface area contributed by atoms with E-state index in [2.05, 4.69) is 63.3 Å². The molecule has 2 unspecified atom stereocenters. The zero-order valence-electron chi connectivity index (χ0n) is 13.6. The van der Waals surface area contributed by atoms with Gasteiger partial charge in [-0.05, 0) is 47.0 Å². The zero-order valence-corrected chi connectivity index (χ0v) is 13.6. The van der Waals surface area contributed by atoms with E-state index in [1.165, 1.54) is 11.4 Å². The first-order valence-corrected chi connectivity index (χ1v) is 7.25. The third-order valence-electron chi connectivity index (χ3n) is 4.64. The molecule has 1 heterocycles. The first kappa shape index (κ1) is 16.2. The van der Waals surface area contributed by atoms with Crippen LogP contribution in [-0.2, 0) is 19.9 Å². The molecular weight excluding hydrogens is 236 g/mol. The Balaban J connectivity index is 2.95. The van der Waals surface area contributed by atoms with Crippen molar-refractivity contribution in [3.05, 3.63) is 17.5 Å². The molecule has 0 fully saturated rings. The van der Waals surface area contributed by atoms with E-state index in [9.17, 15) is 0 Å². The van der Waals surface area contributed by atoms with Crippen molar-refractivity contribution < 1.29 is 0 Å². The summed E-state index contributed by atoms with van der Waals surface area (Å²) in [5.74, 6) is 0. The van der Waals surface area contributed by atoms with Crippen LogP contribution in [0, 0.1) is 0 Å². The highest BCUT2D eigenvalue weighted by atomic mass is 15.3. The van der Waals surface area contributed by atoms with Crippen LogP contribution in [0.15, 0.2) is 6.07 Å². The summed E-state index contributed by atoms with van der Waals surface area (Å²) in [6, 6.07) is 2.64. The quantitative estimate of drug-likeness (QED) is 0.817. The molecule has 4 nitrogen and oxygen atoms in total. The van der Waals surface area contributed by atoms with Crippen LogP contribution in [0.5, 0.6) is 0 Å². The molecule has 0 bridgehead atoms. The molecule has 1 aromatic heterocycles. The lowest BCUT2D eigenvalue weighted by molar-refractivity contribution is 0.115. The average Bonchev–Trinajstić information content (AvgIpc) is 2.75. The number of nitrogens with zero attached hydrogens (tertiary/aromatic N) is 3. The van der Waals surface area contributed by atoms with E-state index in [1.54, 1.807) is 0 Å². The number of rotatable bonds is 7. The first-order valence-electron chi connectivity index (χ1n) is 7.25. The molecule has 1 N–H and O–H groups in total. The molecule has 0 saturated heterocycles. The van der Waals surface area contributed by atoms with Gasteiger partial charge in [-0.1, -0.05) is 13.8 Å². The van der Waals surface area contributed by atoms with Crippen LogP contribution >= 0.6 is 0 Å². The highest BCUT2D eigenvalue weighted by Gasteiger charge is 2.34. The van der Waals surface area contributed by atoms with Crippen molar-refractivity contribution in [2.45, 2.75) is 51.6 Å². The highest BCUT2D eigenvalue weighted by Crippen LogP contribution is 2.24. The Bertz CT molecular complexity index is 397. The maximum absolute atomic E-state index is 4.54. The Morgan fingerprint density at radius 3 is 2.42 bits per heavy atom. The second-order valence-electron chi connectivity index (χ2n) is 5.75. The molecule has 0 radical (unpaired) electrons. The van der Waals surface area contributed by atoms with E-state index in [4.69, 9.17) is 0 Å². The van der Waals surface area contributed by atoms with Crippen molar-refractivity contribution >= 4 is 0 Å². The molecule has 0 amide bonds. The van der Waals surface area contributed by atoms with Gasteiger partial charge in [-0.2, -0.15) is 5.10 Å². The minimum absolute atomic E-state index is 0.144. The number of hydrogen-bond acceptors (Lipinski definition) is 3. The first-order chi connectivity index (χ1) is 8.88. The molecule has 0 aromatic carbocycles. The molecule has 0 aliphatic heterocycles. The number of nitrogens with one attached hydrogen (secondary N) is 1. The molecule has 110 valence electrons. The van der Waals surface area contributed by atoms with Gasteiger partial charge in [0.1, 0.15) is 0 Å². The molecule has 0 aliphatic carbocycles. The van der Waals surface area contributed by atoms with Crippen LogP contribution in [0.4, 0.5) is 0 Å². The van der Waals surface area contributed by atoms with Crippen LogP contribution < -0.4 is 5.32 Å². The molecule has 19 heavy (non-hydrogen) atoms. The lowest BCUT2D eigenvalue weighted by atomic mass is 9.85. The number of aromatic nitrogens is 2. The second kappa shape index (κ2) is 6.53. The lowest BCUT2D eigenvalue weighted by Crippen LogP contribution is -2.57. The monoisotopic (exact) mass is 266 g/mol. The maximum Gasteiger partial charge on any atom is 0.0624 e. The van der Waals surface area contributed by atoms with Gasteiger partial charge in [0.25, 0.3) is 0 Å². The second-order valence-corrected chi connectivity index (χ2v) is 5.75. The van der Waals surface area contributed by atoms with Gasteiger partial charge in [0.2, 0.25) is 0 Å². The predicted octanol–water partition coefficient (Wildman–Crippen LogP) is 1.84. The molecule has 4 heteroatoms. The van der Waals surface area contributed by atoms with Crippen molar-refractivity contribution in [2.24, 2.45) is 7.05 Å². The van der Waals surface area contributed by atoms with Crippen LogP contribution in [0.1, 0.15) is 38.6 Å². The van der Waals surface area contributed by atoms with Crippen molar-refractivity contribution in [2.75, 3.05) is 21.1 Å². The standard InChI is InChI=1S/C15H30N4/c1-8-12-10-13(19(7)17-12)11-14(16-4)15(3,9-2)18(5)6/h10,14,16H,8-9,11H2,1-7H3. The van der Waals surface area contributed by atoms with E-state index in [1.807, 2.05) is 11.7 Å². The molecule has 0 aliphatic rings. The Hall–Kier alpha value is -0.870. The summed E-state index contributed by atoms with van der Waals surface area (Å²) in [5, 5.41) is 8.04. The summed E-state index contributed by atoms with van der Waals surface area (Å²) >= 11 is 0. The SMILES string of the molecule is CCc1cc(CC(NC)C(C)(CC)N(C)C)n(C)n1. The van der Waals surface area contributed by atoms with Gasteiger partial charge in [0.15, 0.2) is 0 Å². The molecule has 2 atom stereocenters. The zero-order chi connectivity index (χ0) is 14.6. The minimum Gasteiger partial charge on any atom is -0.315 e. The van der Waals surface area contributed by atoms with Crippen LogP contribution in [-0.4, -0.2) is 47.4 Å². The Labute approximate surface area is 118 Å². The summed E-state index contributed by atoms with van der Waals surface area (Å²) < 4.78 is 2.02. The van der Waals surface area contributed by atoms with Gasteiger partial charge in [-0.25, -0.2) is 0 Å². The van der Waals surface area contributed by atoms with Crippen molar-refractivity contribution in [1.82, 2.24) is 20.0 Å². The van der Waals surface area contributed by atoms with Gasteiger partial charge in [0, 0.05) is 30.7 Å². The van der Waals surface area contributed by atoms with Gasteiger partial charge < -0.3 is 10.2 Å². The van der Waals surface area contributed by atoms with E-state index < -0.39 is 0 Å². The van der Waals surface area contributed by atoms with E-state index in [0.717, 1.165) is 19.3 Å². The lowest BCUT2D eigenvalue weighted by Gasteiger charge is -2.42. The normalized spacial score (nSPS) is 16.6. The molecule has 0 saturated carbocycles. The van der Waals surface area contributed by atoms with Gasteiger partial charge in [0.05, 0.1) is 5.69 Å². The van der Waals surface area contributed by atoms with Gasteiger partial charge in [-0.15, -0.1) is 0 Å². The Morgan fingerprint density at radius 1 is 1.42 bits per heavy atom. The number of hydrogen-bond donors (Lipinski definition) is 1. The third kappa shape index (κ3) is 3.37. The summed E-state index contributed by atoms with van der Waals surface area (Å²) in [6.07, 6.45) is 3.11. The van der Waals surface area contributed by atoms with Crippen LogP contribution in [0.2, 0.25) is 0 Å². The highest BCUT2D eigenvalue weighted by molar-refractivity contribution is 5.13. The topological polar surface area (TPSA) is 33.1 Å². The van der Waals surface area contributed by atoms with E-state index in [-0.39, 0.29) is 5.54 Å². The minimum atomic E-state index is 0.144. The van der Waals surface area contributed by atoms with Gasteiger partial charge >= 0.3 is 0 Å². The van der Waals surface area contributed by atoms with Crippen molar-refractivity contribution in [3.63, 3.8) is 0 Å². The maximum atomic E-state index is 4.54. The summed E-state index contributed by atoms with van der Waals surface area (Å²) in [7, 11) is 8.42. The van der Waals surface area contributed by atoms with Crippen molar-refractivity contribution in [3.8, 4) is 0 Å². The number of aryl methyl sites for hydroxylation is 2. The van der Waals surface area contributed by atoms with Crippen molar-refractivity contribution in [1.29, 1.82) is 0 Å². The summed E-state index contributed by atoms with van der Waals surface area (Å²) in [5.41, 5.74) is 2.62. The van der Waals surface area contributed by atoms with E-state index >= 15 is 0 Å². The fourth-order valence-electron chi connectivity index (χ4n) is 2.65. The number of likely N-dealkylation sites (N-methyl/N-ethyl adjacent to an activating group) is 2. The largest absolute Gasteiger partial charge is 0.315 e. The Morgan fingerprint density at radius 2 is 2.05 bits per heavy atom. The van der Waals surface area contributed by atoms with Gasteiger partial charge in [-0.3, -0.25) is 4.68 Å². The molecule has 1 rings (SSSR count). The average molecular weight is 266 g/mol. The molecular formula is C15H30N4. The summed E-state index contributed by atoms with van der Waals surface area (Å²) in [4.78, 5) is 2.32. The molecule has 0 spiro atoms. The summed E-state index contributed by atoms with van der Waals surface area (Å²) in [6.45, 7) is 6.73. The Kier molecular flexibility index (Phi) is 5.56. The third-order valence-corrected chi connectivity index (χ3v) is 4.64. The fourth-order valence-corrected chi connectivity index (χ4v) is 2.65. The molecule has 1 aromatic rings. The fraction of sp³-hybridized carbons (Fsp3) is 0.800. The predicted molar refractivity (Wildman–Crippen MR) is 81.5 cm³/mol. The smallest absolute Gasteiger partial charge is 0.0624 e. The van der Waals surface area contributed by atoms with Crippen LogP contribution in [0.25, 0.3) is 0 Å². The van der Waals surface area contributed by atoms with Crippen LogP contribution in [0.3, 0.4) is 0 Å². The van der Waals surface area contributed by atoms with E-state index in [0.29, 0.717) is 6.04 Å².